The van der Waals surface area contributed by atoms with Crippen molar-refractivity contribution in [2.24, 2.45) is 5.73 Å². The molecule has 1 aliphatic rings. The minimum atomic E-state index is -0.836. The van der Waals surface area contributed by atoms with Gasteiger partial charge in [0.1, 0.15) is 18.0 Å². The van der Waals surface area contributed by atoms with Gasteiger partial charge in [0, 0.05) is 22.5 Å². The van der Waals surface area contributed by atoms with E-state index in [4.69, 9.17) is 17.3 Å². The number of carbonyl (C=O) groups is 3. The van der Waals surface area contributed by atoms with Gasteiger partial charge in [-0.1, -0.05) is 11.6 Å². The summed E-state index contributed by atoms with van der Waals surface area (Å²) in [4.78, 5) is 39.3. The normalized spacial score (nSPS) is 21.0. The van der Waals surface area contributed by atoms with E-state index in [2.05, 4.69) is 10.3 Å². The molecule has 3 rings (SSSR count). The maximum absolute atomic E-state index is 12.3. The van der Waals surface area contributed by atoms with Crippen LogP contribution < -0.4 is 11.1 Å². The number of aromatic nitrogens is 1. The predicted octanol–water partition coefficient (Wildman–Crippen LogP) is 0.288. The van der Waals surface area contributed by atoms with Gasteiger partial charge >= 0.3 is 0 Å². The summed E-state index contributed by atoms with van der Waals surface area (Å²) >= 11 is 5.92. The van der Waals surface area contributed by atoms with Crippen LogP contribution in [0, 0.1) is 0 Å². The number of nitrogens with one attached hydrogen (secondary N) is 2. The summed E-state index contributed by atoms with van der Waals surface area (Å²) in [5, 5.41) is 3.99. The Labute approximate surface area is 136 Å². The second kappa shape index (κ2) is 6.02. The first-order valence-electron chi connectivity index (χ1n) is 7.06. The Balaban J connectivity index is 1.77. The number of amides is 2. The fourth-order valence-corrected chi connectivity index (χ4v) is 2.88. The van der Waals surface area contributed by atoms with Crippen LogP contribution in [0.15, 0.2) is 24.3 Å². The minimum absolute atomic E-state index is 0.0240. The van der Waals surface area contributed by atoms with Crippen molar-refractivity contribution in [2.45, 2.75) is 12.1 Å². The van der Waals surface area contributed by atoms with Gasteiger partial charge in [0.2, 0.25) is 5.91 Å². The van der Waals surface area contributed by atoms with E-state index in [1.54, 1.807) is 24.3 Å². The van der Waals surface area contributed by atoms with E-state index in [-0.39, 0.29) is 19.0 Å². The molecule has 7 nitrogen and oxygen atoms in total. The largest absolute Gasteiger partial charge is 0.351 e. The molecule has 0 aliphatic carbocycles. The van der Waals surface area contributed by atoms with Crippen molar-refractivity contribution in [3.8, 4) is 0 Å². The van der Waals surface area contributed by atoms with Crippen molar-refractivity contribution in [2.75, 3.05) is 13.1 Å². The second-order valence-electron chi connectivity index (χ2n) is 5.44. The highest BCUT2D eigenvalue weighted by atomic mass is 35.5. The summed E-state index contributed by atoms with van der Waals surface area (Å²) in [6.07, 6.45) is 0.635. The first kappa shape index (κ1) is 15.5. The molecule has 4 N–H and O–H groups in total. The van der Waals surface area contributed by atoms with E-state index < -0.39 is 18.0 Å². The van der Waals surface area contributed by atoms with Crippen LogP contribution in [0.2, 0.25) is 5.02 Å². The highest BCUT2D eigenvalue weighted by Gasteiger charge is 2.39. The van der Waals surface area contributed by atoms with Crippen LogP contribution in [-0.4, -0.2) is 53.2 Å². The monoisotopic (exact) mass is 334 g/mol. The number of H-pyrrole nitrogens is 1. The van der Waals surface area contributed by atoms with Crippen molar-refractivity contribution in [3.63, 3.8) is 0 Å². The van der Waals surface area contributed by atoms with Crippen molar-refractivity contribution in [1.82, 2.24) is 15.2 Å². The van der Waals surface area contributed by atoms with Gasteiger partial charge in [-0.05, 0) is 24.3 Å². The molecule has 0 saturated carbocycles. The van der Waals surface area contributed by atoms with E-state index in [1.807, 2.05) is 0 Å². The molecule has 2 amide bonds. The number of aromatic amines is 1. The summed E-state index contributed by atoms with van der Waals surface area (Å²) in [7, 11) is 0. The zero-order valence-electron chi connectivity index (χ0n) is 12.1. The van der Waals surface area contributed by atoms with E-state index in [9.17, 15) is 14.4 Å². The van der Waals surface area contributed by atoms with E-state index in [1.165, 1.54) is 4.90 Å². The van der Waals surface area contributed by atoms with Gasteiger partial charge in [0.05, 0.1) is 12.6 Å². The molecule has 0 radical (unpaired) electrons. The molecule has 120 valence electrons. The summed E-state index contributed by atoms with van der Waals surface area (Å²) < 4.78 is 0. The number of halogens is 1. The van der Waals surface area contributed by atoms with Gasteiger partial charge in [-0.15, -0.1) is 0 Å². The average Bonchev–Trinajstić information content (AvgIpc) is 3.04. The Bertz CT molecular complexity index is 788. The number of nitrogens with zero attached hydrogens (tertiary/aromatic N) is 1. The van der Waals surface area contributed by atoms with E-state index in [0.29, 0.717) is 17.0 Å². The molecule has 1 fully saturated rings. The minimum Gasteiger partial charge on any atom is -0.351 e. The van der Waals surface area contributed by atoms with Gasteiger partial charge < -0.3 is 25.7 Å². The van der Waals surface area contributed by atoms with Crippen LogP contribution in [0.3, 0.4) is 0 Å². The molecule has 1 saturated heterocycles. The van der Waals surface area contributed by atoms with Crippen LogP contribution >= 0.6 is 11.6 Å². The number of likely N-dealkylation sites (tertiary alicyclic amines) is 1. The fraction of sp³-hybridized carbons (Fsp3) is 0.267. The first-order valence-corrected chi connectivity index (χ1v) is 7.44. The van der Waals surface area contributed by atoms with Crippen molar-refractivity contribution in [3.05, 3.63) is 35.0 Å². The maximum Gasteiger partial charge on any atom is 0.268 e. The van der Waals surface area contributed by atoms with E-state index >= 15 is 0 Å². The van der Waals surface area contributed by atoms with E-state index in [0.717, 1.165) is 10.9 Å². The van der Waals surface area contributed by atoms with Gasteiger partial charge in [0.25, 0.3) is 5.91 Å². The summed E-state index contributed by atoms with van der Waals surface area (Å²) in [6, 6.07) is 5.50. The lowest BCUT2D eigenvalue weighted by molar-refractivity contribution is -0.131. The quantitative estimate of drug-likeness (QED) is 0.698. The SMILES string of the molecule is N[C@@H]1CN(CC=O)C(=O)C1NC(=O)c1cc2cc(Cl)ccc2[nH]1. The zero-order chi connectivity index (χ0) is 16.6. The number of fused-ring (bicyclic) bond motifs is 1. The third-order valence-corrected chi connectivity index (χ3v) is 4.08. The molecular formula is C15H15ClN4O3. The Morgan fingerprint density at radius 2 is 2.26 bits per heavy atom. The Morgan fingerprint density at radius 3 is 3.00 bits per heavy atom. The molecule has 1 aromatic heterocycles. The first-order chi connectivity index (χ1) is 11.0. The number of benzene rings is 1. The maximum atomic E-state index is 12.3. The van der Waals surface area contributed by atoms with Crippen LogP contribution in [0.4, 0.5) is 0 Å². The Kier molecular flexibility index (Phi) is 4.06. The molecule has 23 heavy (non-hydrogen) atoms. The van der Waals surface area contributed by atoms with Crippen molar-refractivity contribution < 1.29 is 14.4 Å². The van der Waals surface area contributed by atoms with Crippen molar-refractivity contribution in [1.29, 1.82) is 0 Å². The van der Waals surface area contributed by atoms with Crippen LogP contribution in [0.1, 0.15) is 10.5 Å². The summed E-state index contributed by atoms with van der Waals surface area (Å²) in [5.41, 5.74) is 6.97. The standard InChI is InChI=1S/C15H15ClN4O3/c16-9-1-2-11-8(5-9)6-12(18-11)14(22)19-13-10(17)7-20(3-4-21)15(13)23/h1-2,4-6,10,13,18H,3,7,17H2,(H,19,22)/t10-,13?/m1/s1. The highest BCUT2D eigenvalue weighted by molar-refractivity contribution is 6.31. The van der Waals surface area contributed by atoms with Gasteiger partial charge in [0.15, 0.2) is 0 Å². The lowest BCUT2D eigenvalue weighted by Gasteiger charge is -2.14. The third kappa shape index (κ3) is 2.93. The Hall–Kier alpha value is -2.38. The number of hydrogen-bond donors (Lipinski definition) is 3. The second-order valence-corrected chi connectivity index (χ2v) is 5.88. The number of nitrogens with two attached hydrogens (primary N) is 1. The summed E-state index contributed by atoms with van der Waals surface area (Å²) in [5.74, 6) is -0.781. The van der Waals surface area contributed by atoms with Crippen molar-refractivity contribution >= 4 is 40.6 Å². The van der Waals surface area contributed by atoms with Crippen LogP contribution in [0.5, 0.6) is 0 Å². The molecule has 0 spiro atoms. The number of carbonyl (C=O) groups excluding carboxylic acids is 3. The molecule has 8 heteroatoms. The lowest BCUT2D eigenvalue weighted by Crippen LogP contribution is -2.49. The predicted molar refractivity (Wildman–Crippen MR) is 85.2 cm³/mol. The molecule has 1 unspecified atom stereocenters. The van der Waals surface area contributed by atoms with Crippen LogP contribution in [-0.2, 0) is 9.59 Å². The zero-order valence-corrected chi connectivity index (χ0v) is 12.8. The smallest absolute Gasteiger partial charge is 0.268 e. The lowest BCUT2D eigenvalue weighted by atomic mass is 10.1. The topological polar surface area (TPSA) is 108 Å². The number of rotatable bonds is 4. The third-order valence-electron chi connectivity index (χ3n) is 3.85. The highest BCUT2D eigenvalue weighted by Crippen LogP contribution is 2.20. The van der Waals surface area contributed by atoms with Gasteiger partial charge in [-0.25, -0.2) is 0 Å². The molecule has 2 aromatic rings. The van der Waals surface area contributed by atoms with Crippen LogP contribution in [0.25, 0.3) is 10.9 Å². The molecule has 2 heterocycles. The van der Waals surface area contributed by atoms with Gasteiger partial charge in [-0.3, -0.25) is 9.59 Å². The molecular weight excluding hydrogens is 320 g/mol. The molecule has 1 aromatic carbocycles. The number of hydrogen-bond acceptors (Lipinski definition) is 4. The fourth-order valence-electron chi connectivity index (χ4n) is 2.70. The molecule has 1 aliphatic heterocycles. The van der Waals surface area contributed by atoms with Gasteiger partial charge in [-0.2, -0.15) is 0 Å². The molecule has 2 atom stereocenters. The average molecular weight is 335 g/mol. The molecule has 0 bridgehead atoms. The Morgan fingerprint density at radius 1 is 1.48 bits per heavy atom. The summed E-state index contributed by atoms with van der Waals surface area (Å²) in [6.45, 7) is 0.217. The number of aldehydes is 1.